The SMILES string of the molecule is COc1c2cc(NC(=O)Nc3ccccc3)cc1Cc1cccc(c1O)Cc1cc(NC(=O)Nc3ccccc3)cc(c1OC)Cc1cccc(c1O)C2. The molecule has 0 fully saturated rings. The van der Waals surface area contributed by atoms with Gasteiger partial charge in [-0.3, -0.25) is 0 Å². The monoisotopic (exact) mass is 720 g/mol. The quantitative estimate of drug-likeness (QED) is 0.101. The number of aromatic hydroxyl groups is 2. The maximum atomic E-state index is 13.1. The molecule has 1 aliphatic rings. The van der Waals surface area contributed by atoms with Gasteiger partial charge in [-0.25, -0.2) is 9.59 Å². The highest BCUT2D eigenvalue weighted by Crippen LogP contribution is 2.40. The summed E-state index contributed by atoms with van der Waals surface area (Å²) in [6, 6.07) is 36.0. The van der Waals surface area contributed by atoms with Crippen molar-refractivity contribution >= 4 is 34.8 Å². The van der Waals surface area contributed by atoms with Gasteiger partial charge in [-0.05, 0) is 70.8 Å². The molecule has 6 aromatic carbocycles. The summed E-state index contributed by atoms with van der Waals surface area (Å²) in [7, 11) is 3.18. The number of para-hydroxylation sites is 4. The molecule has 10 nitrogen and oxygen atoms in total. The molecule has 0 aliphatic heterocycles. The lowest BCUT2D eigenvalue weighted by atomic mass is 9.91. The summed E-state index contributed by atoms with van der Waals surface area (Å²) in [6.07, 6.45) is 1.12. The zero-order chi connectivity index (χ0) is 37.6. The van der Waals surface area contributed by atoms with E-state index in [0.29, 0.717) is 56.5 Å². The van der Waals surface area contributed by atoms with Gasteiger partial charge in [-0.2, -0.15) is 0 Å². The lowest BCUT2D eigenvalue weighted by Gasteiger charge is -2.21. The Kier molecular flexibility index (Phi) is 10.3. The minimum atomic E-state index is -0.415. The van der Waals surface area contributed by atoms with Crippen LogP contribution in [0.5, 0.6) is 23.0 Å². The summed E-state index contributed by atoms with van der Waals surface area (Å²) >= 11 is 0. The molecule has 0 saturated heterocycles. The van der Waals surface area contributed by atoms with Crippen molar-refractivity contribution < 1.29 is 29.3 Å². The minimum absolute atomic E-state index is 0.111. The number of benzene rings is 6. The van der Waals surface area contributed by atoms with Gasteiger partial charge in [0.2, 0.25) is 0 Å². The maximum absolute atomic E-state index is 13.1. The first-order valence-electron chi connectivity index (χ1n) is 17.5. The maximum Gasteiger partial charge on any atom is 0.323 e. The Bertz CT molecular complexity index is 2070. The van der Waals surface area contributed by atoms with Gasteiger partial charge in [-0.1, -0.05) is 72.8 Å². The molecule has 0 unspecified atom stereocenters. The smallest absolute Gasteiger partial charge is 0.323 e. The summed E-state index contributed by atoms with van der Waals surface area (Å²) in [4.78, 5) is 26.2. The van der Waals surface area contributed by atoms with E-state index >= 15 is 0 Å². The second kappa shape index (κ2) is 15.7. The molecule has 8 bridgehead atoms. The van der Waals surface area contributed by atoms with E-state index in [-0.39, 0.29) is 37.2 Å². The number of anilines is 4. The number of phenolic OH excluding ortho intramolecular Hbond substituents is 2. The van der Waals surface area contributed by atoms with E-state index in [1.54, 1.807) is 38.5 Å². The van der Waals surface area contributed by atoms with Crippen molar-refractivity contribution in [2.75, 3.05) is 35.5 Å². The molecule has 6 N–H and O–H groups in total. The summed E-state index contributed by atoms with van der Waals surface area (Å²) in [5, 5.41) is 35.2. The number of rotatable bonds is 6. The fraction of sp³-hybridized carbons (Fsp3) is 0.136. The van der Waals surface area contributed by atoms with Gasteiger partial charge in [-0.15, -0.1) is 0 Å². The number of methoxy groups -OCH3 is 2. The number of phenols is 2. The first-order valence-corrected chi connectivity index (χ1v) is 17.5. The number of amides is 4. The number of hydrogen-bond acceptors (Lipinski definition) is 6. The summed E-state index contributed by atoms with van der Waals surface area (Å²) in [5.74, 6) is 1.39. The Morgan fingerprint density at radius 3 is 1.02 bits per heavy atom. The lowest BCUT2D eigenvalue weighted by Crippen LogP contribution is -2.20. The molecule has 4 amide bonds. The van der Waals surface area contributed by atoms with Crippen LogP contribution in [0.15, 0.2) is 121 Å². The molecular weight excluding hydrogens is 681 g/mol. The van der Waals surface area contributed by atoms with Gasteiger partial charge in [0.05, 0.1) is 14.2 Å². The van der Waals surface area contributed by atoms with Gasteiger partial charge in [0.1, 0.15) is 23.0 Å². The zero-order valence-electron chi connectivity index (χ0n) is 29.9. The molecule has 0 heterocycles. The summed E-state index contributed by atoms with van der Waals surface area (Å²) < 4.78 is 12.0. The summed E-state index contributed by atoms with van der Waals surface area (Å²) in [6.45, 7) is 0. The molecule has 1 aliphatic carbocycles. The number of urea groups is 2. The first-order chi connectivity index (χ1) is 26.3. The Labute approximate surface area is 313 Å². The molecule has 6 aromatic rings. The van der Waals surface area contributed by atoms with E-state index in [1.807, 2.05) is 97.1 Å². The highest BCUT2D eigenvalue weighted by molar-refractivity contribution is 6.00. The van der Waals surface area contributed by atoms with E-state index in [2.05, 4.69) is 21.3 Å². The van der Waals surface area contributed by atoms with Crippen LogP contribution >= 0.6 is 0 Å². The minimum Gasteiger partial charge on any atom is -0.507 e. The van der Waals surface area contributed by atoms with Crippen LogP contribution in [0.2, 0.25) is 0 Å². The average Bonchev–Trinajstić information content (AvgIpc) is 3.15. The van der Waals surface area contributed by atoms with Crippen molar-refractivity contribution in [3.63, 3.8) is 0 Å². The Balaban J connectivity index is 1.32. The van der Waals surface area contributed by atoms with Crippen LogP contribution in [0.25, 0.3) is 0 Å². The third-order valence-electron chi connectivity index (χ3n) is 9.40. The molecule has 0 saturated carbocycles. The number of ether oxygens (including phenoxy) is 2. The third-order valence-corrected chi connectivity index (χ3v) is 9.40. The number of nitrogens with one attached hydrogen (secondary N) is 4. The number of carbonyl (C=O) groups is 2. The van der Waals surface area contributed by atoms with Gasteiger partial charge in [0.25, 0.3) is 0 Å². The fourth-order valence-electron chi connectivity index (χ4n) is 7.01. The van der Waals surface area contributed by atoms with Crippen molar-refractivity contribution in [1.29, 1.82) is 0 Å². The van der Waals surface area contributed by atoms with Crippen molar-refractivity contribution in [3.05, 3.63) is 166 Å². The van der Waals surface area contributed by atoms with E-state index < -0.39 is 12.1 Å². The molecule has 0 aromatic heterocycles. The van der Waals surface area contributed by atoms with Gasteiger partial charge in [0.15, 0.2) is 0 Å². The molecule has 272 valence electrons. The second-order valence-electron chi connectivity index (χ2n) is 13.1. The average molecular weight is 721 g/mol. The van der Waals surface area contributed by atoms with Gasteiger partial charge in [0, 0.05) is 70.7 Å². The Morgan fingerprint density at radius 1 is 0.426 bits per heavy atom. The highest BCUT2D eigenvalue weighted by Gasteiger charge is 2.22. The number of hydrogen-bond donors (Lipinski definition) is 6. The summed E-state index contributed by atoms with van der Waals surface area (Å²) in [5.41, 5.74) is 7.87. The molecule has 0 atom stereocenters. The van der Waals surface area contributed by atoms with Crippen LogP contribution < -0.4 is 30.7 Å². The first kappa shape index (κ1) is 35.5. The largest absolute Gasteiger partial charge is 0.507 e. The van der Waals surface area contributed by atoms with E-state index in [4.69, 9.17) is 9.47 Å². The fourth-order valence-corrected chi connectivity index (χ4v) is 7.01. The molecule has 54 heavy (non-hydrogen) atoms. The predicted molar refractivity (Wildman–Crippen MR) is 212 cm³/mol. The van der Waals surface area contributed by atoms with Crippen LogP contribution in [0.3, 0.4) is 0 Å². The van der Waals surface area contributed by atoms with Crippen LogP contribution in [0, 0.1) is 0 Å². The number of fused-ring (bicyclic) bond motifs is 8. The van der Waals surface area contributed by atoms with E-state index in [0.717, 1.165) is 22.3 Å². The predicted octanol–water partition coefficient (Wildman–Crippen LogP) is 9.08. The van der Waals surface area contributed by atoms with Crippen molar-refractivity contribution in [2.24, 2.45) is 0 Å². The van der Waals surface area contributed by atoms with E-state index in [9.17, 15) is 19.8 Å². The lowest BCUT2D eigenvalue weighted by molar-refractivity contribution is 0.261. The highest BCUT2D eigenvalue weighted by atomic mass is 16.5. The standard InChI is InChI=1S/C44H40N4O6/c1-53-41-31-19-27-11-9-13-29(39(27)49)21-33-25-38(48-44(52)46-36-17-7-4-8-18-36)26-34(42(33)54-2)22-30-14-10-12-28(40(30)50)20-32(41)24-37(23-31)47-43(51)45-35-15-5-3-6-16-35/h3-18,23-26,49-50H,19-22H2,1-2H3,(H2,45,47,51)(H2,46,48,52). The molecule has 7 rings (SSSR count). The van der Waals surface area contributed by atoms with Crippen molar-refractivity contribution in [2.45, 2.75) is 25.7 Å². The zero-order valence-corrected chi connectivity index (χ0v) is 29.9. The molecule has 0 spiro atoms. The van der Waals surface area contributed by atoms with Gasteiger partial charge < -0.3 is 41.0 Å². The normalized spacial score (nSPS) is 11.9. The van der Waals surface area contributed by atoms with Crippen LogP contribution in [-0.4, -0.2) is 36.5 Å². The van der Waals surface area contributed by atoms with E-state index in [1.165, 1.54) is 0 Å². The van der Waals surface area contributed by atoms with Crippen LogP contribution in [0.1, 0.15) is 44.5 Å². The van der Waals surface area contributed by atoms with Gasteiger partial charge >= 0.3 is 12.1 Å². The Morgan fingerprint density at radius 2 is 0.722 bits per heavy atom. The van der Waals surface area contributed by atoms with Crippen LogP contribution in [0.4, 0.5) is 32.3 Å². The van der Waals surface area contributed by atoms with Crippen LogP contribution in [-0.2, 0) is 25.7 Å². The molecule has 10 heteroatoms. The second-order valence-corrected chi connectivity index (χ2v) is 13.1. The number of carbonyl (C=O) groups excluding carboxylic acids is 2. The Hall–Kier alpha value is -6.94. The molecular formula is C44H40N4O6. The van der Waals surface area contributed by atoms with Crippen molar-refractivity contribution in [1.82, 2.24) is 0 Å². The third kappa shape index (κ3) is 7.93. The van der Waals surface area contributed by atoms with Crippen molar-refractivity contribution in [3.8, 4) is 23.0 Å². The topological polar surface area (TPSA) is 141 Å². The molecule has 0 radical (unpaired) electrons.